The minimum atomic E-state index is 0.380. The molecule has 0 saturated carbocycles. The Hall–Kier alpha value is -0.390. The molecule has 116 valence electrons. The second-order valence-corrected chi connectivity index (χ2v) is 6.45. The number of halogens is 1. The lowest BCUT2D eigenvalue weighted by Gasteiger charge is -2.20. The Balaban J connectivity index is 2.67. The Bertz CT molecular complexity index is 376. The van der Waals surface area contributed by atoms with Crippen molar-refractivity contribution in [1.29, 1.82) is 0 Å². The maximum Gasteiger partial charge on any atom is 0.0696 e. The molecule has 1 atom stereocenters. The molecule has 0 aliphatic rings. The topological polar surface area (TPSA) is 33.1 Å². The van der Waals surface area contributed by atoms with Gasteiger partial charge in [0.05, 0.1) is 29.0 Å². The second-order valence-electron chi connectivity index (χ2n) is 5.59. The van der Waals surface area contributed by atoms with Crippen molar-refractivity contribution < 1.29 is 0 Å². The third-order valence-electron chi connectivity index (χ3n) is 3.62. The van der Waals surface area contributed by atoms with Crippen LogP contribution >= 0.6 is 15.9 Å². The van der Waals surface area contributed by atoms with Gasteiger partial charge in [-0.15, -0.1) is 0 Å². The fourth-order valence-electron chi connectivity index (χ4n) is 2.38. The number of aromatic nitrogens is 2. The van der Waals surface area contributed by atoms with E-state index in [0.717, 1.165) is 17.6 Å². The fourth-order valence-corrected chi connectivity index (χ4v) is 2.96. The normalized spacial score (nSPS) is 13.1. The predicted octanol–water partition coefficient (Wildman–Crippen LogP) is 3.44. The van der Waals surface area contributed by atoms with Gasteiger partial charge in [-0.05, 0) is 43.5 Å². The molecule has 0 bridgehead atoms. The van der Waals surface area contributed by atoms with Gasteiger partial charge in [-0.3, -0.25) is 4.68 Å². The Labute approximate surface area is 132 Å². The van der Waals surface area contributed by atoms with E-state index in [1.54, 1.807) is 0 Å². The summed E-state index contributed by atoms with van der Waals surface area (Å²) in [6, 6.07) is 0.380. The van der Waals surface area contributed by atoms with E-state index in [9.17, 15) is 0 Å². The zero-order valence-corrected chi connectivity index (χ0v) is 14.9. The molecule has 0 fully saturated rings. The van der Waals surface area contributed by atoms with E-state index in [-0.39, 0.29) is 0 Å². The fraction of sp³-hybridized carbons (Fsp3) is 0.800. The Kier molecular flexibility index (Phi) is 8.41. The van der Waals surface area contributed by atoms with E-state index < -0.39 is 0 Å². The molecule has 0 amide bonds. The first-order valence-corrected chi connectivity index (χ1v) is 8.42. The summed E-state index contributed by atoms with van der Waals surface area (Å²) in [6.07, 6.45) is 8.29. The van der Waals surface area contributed by atoms with Crippen LogP contribution in [0.5, 0.6) is 0 Å². The molecular weight excluding hydrogens is 316 g/mol. The Morgan fingerprint density at radius 1 is 1.35 bits per heavy atom. The summed E-state index contributed by atoms with van der Waals surface area (Å²) in [5.74, 6) is 0. The van der Waals surface area contributed by atoms with Gasteiger partial charge in [0.25, 0.3) is 0 Å². The van der Waals surface area contributed by atoms with Crippen molar-refractivity contribution in [3.05, 3.63) is 16.4 Å². The smallest absolute Gasteiger partial charge is 0.0696 e. The molecule has 4 nitrogen and oxygen atoms in total. The van der Waals surface area contributed by atoms with Crippen LogP contribution in [0, 0.1) is 0 Å². The van der Waals surface area contributed by atoms with Gasteiger partial charge < -0.3 is 10.2 Å². The number of nitrogens with one attached hydrogen (secondary N) is 1. The van der Waals surface area contributed by atoms with Crippen LogP contribution < -0.4 is 5.32 Å². The summed E-state index contributed by atoms with van der Waals surface area (Å²) in [5.41, 5.74) is 1.28. The first-order valence-electron chi connectivity index (χ1n) is 7.63. The molecule has 1 aromatic rings. The van der Waals surface area contributed by atoms with Gasteiger partial charge in [0.2, 0.25) is 0 Å². The zero-order valence-electron chi connectivity index (χ0n) is 13.3. The monoisotopic (exact) mass is 344 g/mol. The van der Waals surface area contributed by atoms with Crippen LogP contribution in [-0.4, -0.2) is 42.4 Å². The van der Waals surface area contributed by atoms with E-state index in [2.05, 4.69) is 56.9 Å². The van der Waals surface area contributed by atoms with Crippen molar-refractivity contribution in [2.45, 2.75) is 51.6 Å². The third kappa shape index (κ3) is 5.54. The summed E-state index contributed by atoms with van der Waals surface area (Å²) in [5, 5.41) is 7.95. The van der Waals surface area contributed by atoms with E-state index in [4.69, 9.17) is 0 Å². The van der Waals surface area contributed by atoms with Crippen LogP contribution in [0.25, 0.3) is 0 Å². The van der Waals surface area contributed by atoms with E-state index in [1.165, 1.54) is 37.8 Å². The summed E-state index contributed by atoms with van der Waals surface area (Å²) in [6.45, 7) is 4.19. The minimum Gasteiger partial charge on any atom is -0.312 e. The average molecular weight is 345 g/mol. The van der Waals surface area contributed by atoms with Gasteiger partial charge in [-0.1, -0.05) is 32.6 Å². The third-order valence-corrected chi connectivity index (χ3v) is 4.23. The van der Waals surface area contributed by atoms with Gasteiger partial charge >= 0.3 is 0 Å². The van der Waals surface area contributed by atoms with Crippen molar-refractivity contribution in [3.63, 3.8) is 0 Å². The molecule has 0 spiro atoms. The van der Waals surface area contributed by atoms with Crippen molar-refractivity contribution in [3.8, 4) is 0 Å². The average Bonchev–Trinajstić information content (AvgIpc) is 2.78. The van der Waals surface area contributed by atoms with Crippen molar-refractivity contribution in [1.82, 2.24) is 20.0 Å². The standard InChI is InChI=1S/C15H29BrN4/c1-5-6-7-8-9-14(17-2)15-13(16)12-18-20(15)11-10-19(3)4/h12,14,17H,5-11H2,1-4H3. The lowest BCUT2D eigenvalue weighted by Crippen LogP contribution is -2.24. The number of likely N-dealkylation sites (N-methyl/N-ethyl adjacent to an activating group) is 1. The number of hydrogen-bond acceptors (Lipinski definition) is 3. The van der Waals surface area contributed by atoms with Crippen LogP contribution in [0.3, 0.4) is 0 Å². The van der Waals surface area contributed by atoms with Gasteiger partial charge in [0.1, 0.15) is 0 Å². The van der Waals surface area contributed by atoms with E-state index in [0.29, 0.717) is 6.04 Å². The lowest BCUT2D eigenvalue weighted by atomic mass is 10.0. The predicted molar refractivity (Wildman–Crippen MR) is 89.0 cm³/mol. The van der Waals surface area contributed by atoms with Crippen molar-refractivity contribution in [2.75, 3.05) is 27.7 Å². The molecule has 0 aliphatic heterocycles. The molecule has 20 heavy (non-hydrogen) atoms. The molecule has 0 aromatic carbocycles. The molecule has 0 radical (unpaired) electrons. The molecular formula is C15H29BrN4. The minimum absolute atomic E-state index is 0.380. The lowest BCUT2D eigenvalue weighted by molar-refractivity contribution is 0.360. The summed E-state index contributed by atoms with van der Waals surface area (Å²) in [7, 11) is 6.23. The number of nitrogens with zero attached hydrogens (tertiary/aromatic N) is 3. The van der Waals surface area contributed by atoms with Gasteiger partial charge in [0, 0.05) is 6.54 Å². The number of rotatable bonds is 10. The van der Waals surface area contributed by atoms with Crippen LogP contribution in [-0.2, 0) is 6.54 Å². The second kappa shape index (κ2) is 9.53. The van der Waals surface area contributed by atoms with Crippen LogP contribution in [0.4, 0.5) is 0 Å². The molecule has 0 aliphatic carbocycles. The summed E-state index contributed by atoms with van der Waals surface area (Å²) in [4.78, 5) is 2.19. The molecule has 5 heteroatoms. The van der Waals surface area contributed by atoms with Crippen molar-refractivity contribution >= 4 is 15.9 Å². The highest BCUT2D eigenvalue weighted by Gasteiger charge is 2.18. The molecule has 1 aromatic heterocycles. The molecule has 1 rings (SSSR count). The van der Waals surface area contributed by atoms with E-state index >= 15 is 0 Å². The highest BCUT2D eigenvalue weighted by Crippen LogP contribution is 2.27. The maximum atomic E-state index is 4.50. The zero-order chi connectivity index (χ0) is 15.0. The molecule has 1 unspecified atom stereocenters. The largest absolute Gasteiger partial charge is 0.312 e. The maximum absolute atomic E-state index is 4.50. The van der Waals surface area contributed by atoms with Gasteiger partial charge in [-0.25, -0.2) is 0 Å². The highest BCUT2D eigenvalue weighted by molar-refractivity contribution is 9.10. The molecule has 1 N–H and O–H groups in total. The SMILES string of the molecule is CCCCCCC(NC)c1c(Br)cnn1CCN(C)C. The van der Waals surface area contributed by atoms with Gasteiger partial charge in [0.15, 0.2) is 0 Å². The highest BCUT2D eigenvalue weighted by atomic mass is 79.9. The first kappa shape index (κ1) is 17.7. The molecule has 1 heterocycles. The van der Waals surface area contributed by atoms with Crippen molar-refractivity contribution in [2.24, 2.45) is 0 Å². The summed E-state index contributed by atoms with van der Waals surface area (Å²) >= 11 is 3.65. The van der Waals surface area contributed by atoms with Crippen LogP contribution in [0.2, 0.25) is 0 Å². The number of unbranched alkanes of at least 4 members (excludes halogenated alkanes) is 3. The quantitative estimate of drug-likeness (QED) is 0.660. The molecule has 0 saturated heterocycles. The number of hydrogen-bond donors (Lipinski definition) is 1. The Morgan fingerprint density at radius 3 is 2.70 bits per heavy atom. The summed E-state index contributed by atoms with van der Waals surface area (Å²) < 4.78 is 3.25. The van der Waals surface area contributed by atoms with Crippen LogP contribution in [0.1, 0.15) is 50.8 Å². The van der Waals surface area contributed by atoms with Crippen LogP contribution in [0.15, 0.2) is 10.7 Å². The first-order chi connectivity index (χ1) is 9.60. The van der Waals surface area contributed by atoms with Gasteiger partial charge in [-0.2, -0.15) is 5.10 Å². The Morgan fingerprint density at radius 2 is 2.10 bits per heavy atom. The van der Waals surface area contributed by atoms with E-state index in [1.807, 2.05) is 13.2 Å².